The Kier molecular flexibility index (Phi) is 6.91. The molecule has 0 aliphatic heterocycles. The molecule has 10 heteroatoms. The third-order valence-electron chi connectivity index (χ3n) is 4.65. The van der Waals surface area contributed by atoms with Crippen LogP contribution in [-0.2, 0) is 0 Å². The Hall–Kier alpha value is -4.11. The van der Waals surface area contributed by atoms with Crippen LogP contribution in [0.1, 0.15) is 27.1 Å². The number of aromatic nitrogens is 3. The van der Waals surface area contributed by atoms with E-state index in [1.807, 2.05) is 12.1 Å². The molecule has 2 aromatic carbocycles. The molecule has 2 heterocycles. The van der Waals surface area contributed by atoms with Crippen molar-refractivity contribution in [3.8, 4) is 11.5 Å². The van der Waals surface area contributed by atoms with Crippen LogP contribution in [0.15, 0.2) is 60.7 Å². The van der Waals surface area contributed by atoms with Crippen molar-refractivity contribution < 1.29 is 9.59 Å². The minimum Gasteiger partial charge on any atom is -0.388 e. The van der Waals surface area contributed by atoms with E-state index in [1.165, 1.54) is 0 Å². The van der Waals surface area contributed by atoms with Crippen molar-refractivity contribution in [2.45, 2.75) is 6.42 Å². The lowest BCUT2D eigenvalue weighted by Crippen LogP contribution is -2.27. The Balaban J connectivity index is 0.00000289. The van der Waals surface area contributed by atoms with Crippen LogP contribution in [0.3, 0.4) is 0 Å². The van der Waals surface area contributed by atoms with Crippen molar-refractivity contribution in [2.24, 2.45) is 5.73 Å². The number of hydrogen-bond acceptors (Lipinski definition) is 4. The van der Waals surface area contributed by atoms with Gasteiger partial charge in [0, 0.05) is 24.1 Å². The number of aromatic amines is 2. The zero-order valence-electron chi connectivity index (χ0n) is 16.9. The Morgan fingerprint density at radius 3 is 2.50 bits per heavy atom. The first-order valence-electron chi connectivity index (χ1n) is 9.66. The summed E-state index contributed by atoms with van der Waals surface area (Å²) in [5.74, 6) is 0.711. The molecule has 0 atom stereocenters. The number of benzene rings is 2. The van der Waals surface area contributed by atoms with Gasteiger partial charge in [-0.1, -0.05) is 18.2 Å². The van der Waals surface area contributed by atoms with Crippen molar-refractivity contribution >= 4 is 46.9 Å². The molecule has 7 N–H and O–H groups in total. The Labute approximate surface area is 189 Å². The highest BCUT2D eigenvalue weighted by molar-refractivity contribution is 6.04. The lowest BCUT2D eigenvalue weighted by Gasteiger charge is -2.04. The van der Waals surface area contributed by atoms with Crippen LogP contribution in [0.5, 0.6) is 0 Å². The number of amidine groups is 1. The van der Waals surface area contributed by atoms with E-state index in [9.17, 15) is 9.59 Å². The maximum absolute atomic E-state index is 12.3. The minimum absolute atomic E-state index is 0. The molecule has 4 rings (SSSR count). The van der Waals surface area contributed by atoms with Crippen LogP contribution >= 0.6 is 12.4 Å². The summed E-state index contributed by atoms with van der Waals surface area (Å²) in [6.07, 6.45) is 0.304. The third-order valence-corrected chi connectivity index (χ3v) is 4.65. The first kappa shape index (κ1) is 22.6. The number of imidazole rings is 1. The minimum atomic E-state index is -0.245. The van der Waals surface area contributed by atoms with Crippen molar-refractivity contribution in [2.75, 3.05) is 11.9 Å². The van der Waals surface area contributed by atoms with Gasteiger partial charge in [0.1, 0.15) is 5.82 Å². The zero-order chi connectivity index (χ0) is 21.8. The van der Waals surface area contributed by atoms with Gasteiger partial charge in [0.05, 0.1) is 22.6 Å². The maximum atomic E-state index is 12.3. The molecule has 0 unspecified atom stereocenters. The fourth-order valence-electron chi connectivity index (χ4n) is 3.08. The van der Waals surface area contributed by atoms with E-state index in [4.69, 9.17) is 11.1 Å². The fourth-order valence-corrected chi connectivity index (χ4v) is 3.08. The van der Waals surface area contributed by atoms with Gasteiger partial charge in [0.15, 0.2) is 5.82 Å². The average molecular weight is 452 g/mol. The normalized spacial score (nSPS) is 10.4. The van der Waals surface area contributed by atoms with Crippen molar-refractivity contribution in [1.82, 2.24) is 20.3 Å². The first-order valence-corrected chi connectivity index (χ1v) is 9.66. The molecule has 0 saturated heterocycles. The quantitative estimate of drug-likeness (QED) is 0.188. The molecular weight excluding hydrogens is 430 g/mol. The topological polar surface area (TPSA) is 153 Å². The van der Waals surface area contributed by atoms with Crippen molar-refractivity contribution in [3.63, 3.8) is 0 Å². The summed E-state index contributed by atoms with van der Waals surface area (Å²) in [4.78, 5) is 35.4. The SMILES string of the molecule is Cl.N=C(N)CCNC(=O)c1ccc2nc(-c3ccc(NC(=O)c4ccccc4)[nH]3)[nH]c2c1. The number of rotatable bonds is 7. The van der Waals surface area contributed by atoms with E-state index in [0.29, 0.717) is 52.5 Å². The average Bonchev–Trinajstić information content (AvgIpc) is 3.40. The summed E-state index contributed by atoms with van der Waals surface area (Å²) in [6.45, 7) is 0.306. The molecule has 0 radical (unpaired) electrons. The van der Waals surface area contributed by atoms with Gasteiger partial charge in [-0.15, -0.1) is 12.4 Å². The lowest BCUT2D eigenvalue weighted by molar-refractivity contribution is 0.0954. The van der Waals surface area contributed by atoms with Gasteiger partial charge >= 0.3 is 0 Å². The molecule has 2 amide bonds. The Morgan fingerprint density at radius 2 is 1.75 bits per heavy atom. The molecule has 0 aliphatic carbocycles. The Bertz CT molecular complexity index is 1260. The zero-order valence-corrected chi connectivity index (χ0v) is 17.8. The monoisotopic (exact) mass is 451 g/mol. The smallest absolute Gasteiger partial charge is 0.256 e. The van der Waals surface area contributed by atoms with Crippen molar-refractivity contribution in [1.29, 1.82) is 5.41 Å². The predicted molar refractivity (Wildman–Crippen MR) is 126 cm³/mol. The molecule has 0 spiro atoms. The predicted octanol–water partition coefficient (Wildman–Crippen LogP) is 3.29. The summed E-state index contributed by atoms with van der Waals surface area (Å²) >= 11 is 0. The van der Waals surface area contributed by atoms with E-state index in [-0.39, 0.29) is 30.1 Å². The van der Waals surface area contributed by atoms with Crippen LogP contribution in [0.4, 0.5) is 5.82 Å². The molecule has 164 valence electrons. The third kappa shape index (κ3) is 5.13. The lowest BCUT2D eigenvalue weighted by atomic mass is 10.2. The van der Waals surface area contributed by atoms with Crippen LogP contribution in [0, 0.1) is 5.41 Å². The van der Waals surface area contributed by atoms with E-state index in [0.717, 1.165) is 0 Å². The van der Waals surface area contributed by atoms with Gasteiger partial charge in [0.2, 0.25) is 0 Å². The fraction of sp³-hybridized carbons (Fsp3) is 0.0909. The van der Waals surface area contributed by atoms with Gasteiger partial charge in [-0.25, -0.2) is 4.98 Å². The highest BCUT2D eigenvalue weighted by atomic mass is 35.5. The second-order valence-electron chi connectivity index (χ2n) is 6.95. The summed E-state index contributed by atoms with van der Waals surface area (Å²) in [5.41, 5.74) is 8.46. The first-order chi connectivity index (χ1) is 15.0. The number of hydrogen-bond donors (Lipinski definition) is 6. The van der Waals surface area contributed by atoms with E-state index >= 15 is 0 Å². The Morgan fingerprint density at radius 1 is 0.969 bits per heavy atom. The van der Waals surface area contributed by atoms with Gasteiger partial charge in [-0.05, 0) is 42.5 Å². The van der Waals surface area contributed by atoms with Gasteiger partial charge in [-0.2, -0.15) is 0 Å². The molecule has 2 aromatic heterocycles. The molecule has 4 aromatic rings. The van der Waals surface area contributed by atoms with Gasteiger partial charge in [0.25, 0.3) is 11.8 Å². The number of fused-ring (bicyclic) bond motifs is 1. The summed E-state index contributed by atoms with van der Waals surface area (Å²) < 4.78 is 0. The van der Waals surface area contributed by atoms with E-state index in [1.54, 1.807) is 48.5 Å². The molecule has 0 saturated carbocycles. The van der Waals surface area contributed by atoms with Crippen LogP contribution in [-0.4, -0.2) is 39.1 Å². The highest BCUT2D eigenvalue weighted by Crippen LogP contribution is 2.22. The standard InChI is InChI=1S/C22H21N7O2.ClH/c23-18(24)10-11-25-21(30)14-6-7-15-17(12-14)28-20(27-15)16-8-9-19(26-16)29-22(31)13-4-2-1-3-5-13;/h1-9,12,26H,10-11H2,(H3,23,24)(H,25,30)(H,27,28)(H,29,31);1H. The van der Waals surface area contributed by atoms with Crippen LogP contribution < -0.4 is 16.4 Å². The van der Waals surface area contributed by atoms with E-state index in [2.05, 4.69) is 25.6 Å². The number of carbonyl (C=O) groups excluding carboxylic acids is 2. The number of carbonyl (C=O) groups is 2. The van der Waals surface area contributed by atoms with Gasteiger partial charge in [-0.3, -0.25) is 15.0 Å². The second kappa shape index (κ2) is 9.80. The highest BCUT2D eigenvalue weighted by Gasteiger charge is 2.12. The van der Waals surface area contributed by atoms with Gasteiger partial charge < -0.3 is 26.3 Å². The summed E-state index contributed by atoms with van der Waals surface area (Å²) in [5, 5.41) is 12.8. The molecule has 0 fully saturated rings. The molecular formula is C22H22ClN7O2. The number of amides is 2. The number of halogens is 1. The summed E-state index contributed by atoms with van der Waals surface area (Å²) in [7, 11) is 0. The largest absolute Gasteiger partial charge is 0.388 e. The van der Waals surface area contributed by atoms with Crippen molar-refractivity contribution in [3.05, 3.63) is 71.8 Å². The number of nitrogens with zero attached hydrogens (tertiary/aromatic N) is 1. The van der Waals surface area contributed by atoms with Crippen LogP contribution in [0.2, 0.25) is 0 Å². The van der Waals surface area contributed by atoms with E-state index < -0.39 is 0 Å². The van der Waals surface area contributed by atoms with Crippen LogP contribution in [0.25, 0.3) is 22.6 Å². The second-order valence-corrected chi connectivity index (χ2v) is 6.95. The molecule has 32 heavy (non-hydrogen) atoms. The number of nitrogens with two attached hydrogens (primary N) is 1. The summed E-state index contributed by atoms with van der Waals surface area (Å²) in [6, 6.07) is 17.7. The molecule has 0 aliphatic rings. The molecule has 9 nitrogen and oxygen atoms in total. The number of anilines is 1. The maximum Gasteiger partial charge on any atom is 0.256 e. The number of H-pyrrole nitrogens is 2. The number of nitrogens with one attached hydrogen (secondary N) is 5. The molecule has 0 bridgehead atoms.